The third-order valence-corrected chi connectivity index (χ3v) is 3.55. The second kappa shape index (κ2) is 8.13. The van der Waals surface area contributed by atoms with E-state index in [2.05, 4.69) is 11.9 Å². The van der Waals surface area contributed by atoms with Crippen molar-refractivity contribution in [1.82, 2.24) is 5.32 Å². The van der Waals surface area contributed by atoms with Crippen molar-refractivity contribution in [3.05, 3.63) is 51.6 Å². The first kappa shape index (κ1) is 15.0. The van der Waals surface area contributed by atoms with E-state index in [1.54, 1.807) is 17.8 Å². The second-order valence-electron chi connectivity index (χ2n) is 3.57. The monoisotopic (exact) mass is 286 g/mol. The molecule has 1 aromatic carbocycles. The van der Waals surface area contributed by atoms with Gasteiger partial charge in [0.2, 0.25) is 0 Å². The summed E-state index contributed by atoms with van der Waals surface area (Å²) in [5.41, 5.74) is 0.816. The van der Waals surface area contributed by atoms with Gasteiger partial charge in [0.05, 0.1) is 4.92 Å². The van der Waals surface area contributed by atoms with Crippen LogP contribution in [-0.2, 0) is 6.54 Å². The minimum absolute atomic E-state index is 0.0669. The van der Waals surface area contributed by atoms with Gasteiger partial charge < -0.3 is 5.32 Å². The van der Waals surface area contributed by atoms with Crippen molar-refractivity contribution < 1.29 is 4.92 Å². The summed E-state index contributed by atoms with van der Waals surface area (Å²) in [6.07, 6.45) is 1.86. The predicted molar refractivity (Wildman–Crippen MR) is 77.3 cm³/mol. The number of nitrogens with one attached hydrogen (secondary N) is 1. The van der Waals surface area contributed by atoms with E-state index >= 15 is 0 Å². The first-order valence-corrected chi connectivity index (χ1v) is 7.00. The Balaban J connectivity index is 2.43. The Kier molecular flexibility index (Phi) is 6.78. The maximum atomic E-state index is 10.6. The van der Waals surface area contributed by atoms with Crippen LogP contribution < -0.4 is 5.32 Å². The van der Waals surface area contributed by atoms with Crippen LogP contribution in [-0.4, -0.2) is 23.0 Å². The number of hydrogen-bond donors (Lipinski definition) is 1. The van der Waals surface area contributed by atoms with Gasteiger partial charge in [0.25, 0.3) is 5.69 Å². The maximum absolute atomic E-state index is 10.6. The summed E-state index contributed by atoms with van der Waals surface area (Å²) < 4.78 is 0. The fourth-order valence-electron chi connectivity index (χ4n) is 1.34. The molecule has 0 amide bonds. The zero-order chi connectivity index (χ0) is 13.4. The number of non-ortho nitro benzene ring substituents is 1. The normalized spacial score (nSPS) is 10.3. The Morgan fingerprint density at radius 2 is 2.33 bits per heavy atom. The van der Waals surface area contributed by atoms with Crippen molar-refractivity contribution in [1.29, 1.82) is 0 Å². The van der Waals surface area contributed by atoms with E-state index in [0.29, 0.717) is 11.6 Å². The van der Waals surface area contributed by atoms with Crippen molar-refractivity contribution >= 4 is 29.1 Å². The van der Waals surface area contributed by atoms with E-state index < -0.39 is 4.92 Å². The molecular formula is C12H15ClN2O2S. The molecule has 0 unspecified atom stereocenters. The molecule has 0 radical (unpaired) electrons. The number of nitro benzene ring substituents is 1. The minimum atomic E-state index is -0.417. The smallest absolute Gasteiger partial charge is 0.269 e. The molecule has 1 aromatic rings. The highest BCUT2D eigenvalue weighted by Crippen LogP contribution is 2.21. The number of halogens is 1. The first-order chi connectivity index (χ1) is 8.65. The summed E-state index contributed by atoms with van der Waals surface area (Å²) in [7, 11) is 0. The highest BCUT2D eigenvalue weighted by molar-refractivity contribution is 7.99. The third-order valence-electron chi connectivity index (χ3n) is 2.21. The number of rotatable bonds is 8. The highest BCUT2D eigenvalue weighted by Gasteiger charge is 2.09. The van der Waals surface area contributed by atoms with Gasteiger partial charge in [0.1, 0.15) is 0 Å². The molecule has 18 heavy (non-hydrogen) atoms. The Hall–Kier alpha value is -1.04. The van der Waals surface area contributed by atoms with Crippen LogP contribution in [0.25, 0.3) is 0 Å². The van der Waals surface area contributed by atoms with E-state index in [4.69, 9.17) is 11.6 Å². The fraction of sp³-hybridized carbons (Fsp3) is 0.333. The molecule has 0 heterocycles. The van der Waals surface area contributed by atoms with E-state index in [1.165, 1.54) is 12.1 Å². The van der Waals surface area contributed by atoms with Gasteiger partial charge in [-0.15, -0.1) is 6.58 Å². The Morgan fingerprint density at radius 1 is 1.56 bits per heavy atom. The van der Waals surface area contributed by atoms with Crippen molar-refractivity contribution in [2.24, 2.45) is 0 Å². The van der Waals surface area contributed by atoms with Gasteiger partial charge >= 0.3 is 0 Å². The molecule has 98 valence electrons. The molecule has 0 aromatic heterocycles. The average molecular weight is 287 g/mol. The summed E-state index contributed by atoms with van der Waals surface area (Å²) >= 11 is 7.76. The molecule has 6 heteroatoms. The second-order valence-corrected chi connectivity index (χ2v) is 5.13. The van der Waals surface area contributed by atoms with E-state index in [1.807, 2.05) is 6.08 Å². The summed E-state index contributed by atoms with van der Waals surface area (Å²) in [5.74, 6) is 1.90. The van der Waals surface area contributed by atoms with Crippen LogP contribution in [0.4, 0.5) is 5.69 Å². The number of nitrogens with zero attached hydrogens (tertiary/aromatic N) is 1. The molecule has 0 saturated carbocycles. The lowest BCUT2D eigenvalue weighted by Crippen LogP contribution is -2.17. The van der Waals surface area contributed by atoms with Crippen molar-refractivity contribution in [2.45, 2.75) is 6.54 Å². The van der Waals surface area contributed by atoms with E-state index in [9.17, 15) is 10.1 Å². The van der Waals surface area contributed by atoms with Gasteiger partial charge in [-0.05, 0) is 11.6 Å². The molecule has 1 rings (SSSR count). The molecule has 1 N–H and O–H groups in total. The number of benzene rings is 1. The summed E-state index contributed by atoms with van der Waals surface area (Å²) in [5, 5.41) is 14.4. The van der Waals surface area contributed by atoms with Crippen molar-refractivity contribution in [3.8, 4) is 0 Å². The summed E-state index contributed by atoms with van der Waals surface area (Å²) in [4.78, 5) is 10.2. The van der Waals surface area contributed by atoms with Gasteiger partial charge in [-0.1, -0.05) is 17.7 Å². The highest BCUT2D eigenvalue weighted by atomic mass is 35.5. The largest absolute Gasteiger partial charge is 0.312 e. The number of thioether (sulfide) groups is 1. The summed E-state index contributed by atoms with van der Waals surface area (Å²) in [6.45, 7) is 5.01. The molecule has 0 aliphatic rings. The lowest BCUT2D eigenvalue weighted by Gasteiger charge is -2.06. The Morgan fingerprint density at radius 3 is 3.00 bits per heavy atom. The maximum Gasteiger partial charge on any atom is 0.269 e. The van der Waals surface area contributed by atoms with Crippen molar-refractivity contribution in [3.63, 3.8) is 0 Å². The first-order valence-electron chi connectivity index (χ1n) is 5.47. The number of nitro groups is 1. The third kappa shape index (κ3) is 5.08. The quantitative estimate of drug-likeness (QED) is 0.345. The van der Waals surface area contributed by atoms with Crippen LogP contribution in [0, 0.1) is 10.1 Å². The van der Waals surface area contributed by atoms with Crippen LogP contribution >= 0.6 is 23.4 Å². The number of hydrogen-bond acceptors (Lipinski definition) is 4. The zero-order valence-electron chi connectivity index (χ0n) is 9.89. The SMILES string of the molecule is C=CCSCCNCc1cc([N+](=O)[O-])ccc1Cl. The van der Waals surface area contributed by atoms with Gasteiger partial charge in [0.15, 0.2) is 0 Å². The van der Waals surface area contributed by atoms with Crippen LogP contribution in [0.5, 0.6) is 0 Å². The van der Waals surface area contributed by atoms with Crippen LogP contribution in [0.3, 0.4) is 0 Å². The molecular weight excluding hydrogens is 272 g/mol. The molecule has 4 nitrogen and oxygen atoms in total. The fourth-order valence-corrected chi connectivity index (χ4v) is 2.15. The molecule has 0 spiro atoms. The lowest BCUT2D eigenvalue weighted by molar-refractivity contribution is -0.384. The van der Waals surface area contributed by atoms with E-state index in [-0.39, 0.29) is 5.69 Å². The molecule has 0 atom stereocenters. The summed E-state index contributed by atoms with van der Waals surface area (Å²) in [6, 6.07) is 4.47. The average Bonchev–Trinajstić information content (AvgIpc) is 2.35. The van der Waals surface area contributed by atoms with Gasteiger partial charge in [-0.25, -0.2) is 0 Å². The lowest BCUT2D eigenvalue weighted by atomic mass is 10.2. The van der Waals surface area contributed by atoms with Gasteiger partial charge in [0, 0.05) is 41.8 Å². The molecule has 0 fully saturated rings. The van der Waals surface area contributed by atoms with E-state index in [0.717, 1.165) is 23.6 Å². The molecule has 0 bridgehead atoms. The standard InChI is InChI=1S/C12H15ClN2O2S/c1-2-6-18-7-5-14-9-10-8-11(15(16)17)3-4-12(10)13/h2-4,8,14H,1,5-7,9H2. The van der Waals surface area contributed by atoms with Crippen molar-refractivity contribution in [2.75, 3.05) is 18.1 Å². The Bertz CT molecular complexity index is 427. The zero-order valence-corrected chi connectivity index (χ0v) is 11.5. The Labute approximate surface area is 116 Å². The molecule has 0 aliphatic carbocycles. The van der Waals surface area contributed by atoms with Crippen LogP contribution in [0.2, 0.25) is 5.02 Å². The minimum Gasteiger partial charge on any atom is -0.312 e. The molecule has 0 aliphatic heterocycles. The predicted octanol–water partition coefficient (Wildman–Crippen LogP) is 3.26. The van der Waals surface area contributed by atoms with Gasteiger partial charge in [-0.3, -0.25) is 10.1 Å². The van der Waals surface area contributed by atoms with Crippen LogP contribution in [0.1, 0.15) is 5.56 Å². The molecule has 0 saturated heterocycles. The van der Waals surface area contributed by atoms with Crippen LogP contribution in [0.15, 0.2) is 30.9 Å². The van der Waals surface area contributed by atoms with Gasteiger partial charge in [-0.2, -0.15) is 11.8 Å². The topological polar surface area (TPSA) is 55.2 Å².